The molecule has 3 atom stereocenters. The first-order valence-electron chi connectivity index (χ1n) is 8.00. The first-order chi connectivity index (χ1) is 10.8. The van der Waals surface area contributed by atoms with Crippen LogP contribution in [0.2, 0.25) is 0 Å². The Hall–Kier alpha value is -2.22. The topological polar surface area (TPSA) is 25.8 Å². The summed E-state index contributed by atoms with van der Waals surface area (Å²) in [6.07, 6.45) is 7.17. The van der Waals surface area contributed by atoms with Gasteiger partial charge in [-0.05, 0) is 66.5 Å². The summed E-state index contributed by atoms with van der Waals surface area (Å²) < 4.78 is 0. The molecule has 110 valence electrons. The maximum absolute atomic E-state index is 4.61. The number of allylic oxidation sites excluding steroid dienone is 4. The molecule has 0 bridgehead atoms. The van der Waals surface area contributed by atoms with Gasteiger partial charge >= 0.3 is 0 Å². The maximum atomic E-state index is 4.61. The molecule has 2 heteroatoms. The number of rotatable bonds is 2. The Morgan fingerprint density at radius 1 is 0.909 bits per heavy atom. The van der Waals surface area contributed by atoms with Crippen LogP contribution < -0.4 is 0 Å². The summed E-state index contributed by atoms with van der Waals surface area (Å²) in [6, 6.07) is 12.4. The third-order valence-corrected chi connectivity index (χ3v) is 5.06. The van der Waals surface area contributed by atoms with Crippen LogP contribution in [0.4, 0.5) is 0 Å². The molecule has 0 N–H and O–H groups in total. The predicted octanol–water partition coefficient (Wildman–Crippen LogP) is 4.62. The van der Waals surface area contributed by atoms with Crippen molar-refractivity contribution < 1.29 is 0 Å². The second-order valence-electron chi connectivity index (χ2n) is 6.40. The molecule has 1 saturated carbocycles. The van der Waals surface area contributed by atoms with Gasteiger partial charge in [0.1, 0.15) is 0 Å². The summed E-state index contributed by atoms with van der Waals surface area (Å²) in [6.45, 7) is 4.61. The van der Waals surface area contributed by atoms with Crippen LogP contribution in [0.15, 0.2) is 60.4 Å². The molecule has 0 saturated heterocycles. The van der Waals surface area contributed by atoms with Gasteiger partial charge in [-0.2, -0.15) is 0 Å². The molecule has 2 nitrogen and oxygen atoms in total. The zero-order valence-electron chi connectivity index (χ0n) is 13.0. The summed E-state index contributed by atoms with van der Waals surface area (Å²) in [5, 5.41) is 0. The molecule has 0 aliphatic heterocycles. The van der Waals surface area contributed by atoms with E-state index in [-0.39, 0.29) is 0 Å². The highest BCUT2D eigenvalue weighted by Gasteiger charge is 2.52. The summed E-state index contributed by atoms with van der Waals surface area (Å²) in [5.74, 6) is 1.84. The molecule has 0 aromatic carbocycles. The van der Waals surface area contributed by atoms with Gasteiger partial charge in [0.2, 0.25) is 0 Å². The third kappa shape index (κ3) is 2.10. The second-order valence-corrected chi connectivity index (χ2v) is 6.40. The van der Waals surface area contributed by atoms with Crippen molar-refractivity contribution in [3.05, 3.63) is 71.8 Å². The highest BCUT2D eigenvalue weighted by atomic mass is 14.7. The van der Waals surface area contributed by atoms with Crippen LogP contribution in [0, 0.1) is 17.8 Å². The maximum Gasteiger partial charge on any atom is 0.0664 e. The monoisotopic (exact) mass is 288 g/mol. The normalized spacial score (nSPS) is 27.0. The van der Waals surface area contributed by atoms with Gasteiger partial charge in [-0.15, -0.1) is 0 Å². The Morgan fingerprint density at radius 2 is 1.59 bits per heavy atom. The van der Waals surface area contributed by atoms with Crippen molar-refractivity contribution in [1.29, 1.82) is 0 Å². The minimum absolute atomic E-state index is 0.587. The molecule has 0 radical (unpaired) electrons. The van der Waals surface area contributed by atoms with Crippen molar-refractivity contribution in [3.63, 3.8) is 0 Å². The summed E-state index contributed by atoms with van der Waals surface area (Å²) in [4.78, 5) is 9.18. The Bertz CT molecular complexity index is 744. The molecule has 1 fully saturated rings. The number of fused-ring (bicyclic) bond motifs is 1. The molecule has 4 rings (SSSR count). The van der Waals surface area contributed by atoms with Gasteiger partial charge in [0.15, 0.2) is 0 Å². The van der Waals surface area contributed by atoms with E-state index in [4.69, 9.17) is 0 Å². The molecule has 2 aromatic rings. The summed E-state index contributed by atoms with van der Waals surface area (Å²) in [5.41, 5.74) is 6.61. The summed E-state index contributed by atoms with van der Waals surface area (Å²) >= 11 is 0. The average Bonchev–Trinajstić information content (AvgIpc) is 3.24. The Kier molecular flexibility index (Phi) is 3.18. The number of aromatic nitrogens is 2. The van der Waals surface area contributed by atoms with Crippen molar-refractivity contribution in [2.45, 2.75) is 20.3 Å². The smallest absolute Gasteiger partial charge is 0.0664 e. The van der Waals surface area contributed by atoms with Crippen LogP contribution in [0.5, 0.6) is 0 Å². The number of hydrogen-bond acceptors (Lipinski definition) is 2. The average molecular weight is 288 g/mol. The fraction of sp³-hybridized carbons (Fsp3) is 0.300. The molecule has 2 aliphatic rings. The molecule has 0 amide bonds. The van der Waals surface area contributed by atoms with E-state index in [9.17, 15) is 0 Å². The largest absolute Gasteiger partial charge is 0.257 e. The van der Waals surface area contributed by atoms with E-state index in [2.05, 4.69) is 54.2 Å². The van der Waals surface area contributed by atoms with Crippen LogP contribution >= 0.6 is 0 Å². The fourth-order valence-corrected chi connectivity index (χ4v) is 3.90. The molecule has 3 unspecified atom stereocenters. The Morgan fingerprint density at radius 3 is 2.23 bits per heavy atom. The van der Waals surface area contributed by atoms with Crippen molar-refractivity contribution in [3.8, 4) is 0 Å². The van der Waals surface area contributed by atoms with Gasteiger partial charge in [-0.1, -0.05) is 30.7 Å². The lowest BCUT2D eigenvalue weighted by molar-refractivity contribution is 0.879. The molecule has 2 aromatic heterocycles. The van der Waals surface area contributed by atoms with Gasteiger partial charge in [0, 0.05) is 12.4 Å². The van der Waals surface area contributed by atoms with E-state index in [1.165, 1.54) is 16.7 Å². The number of pyridine rings is 2. The van der Waals surface area contributed by atoms with Crippen LogP contribution in [0.25, 0.3) is 11.1 Å². The quantitative estimate of drug-likeness (QED) is 0.806. The SMILES string of the molecule is CC1=C(c2ccccn2)C2C(C)C2C(c2ccccn2)=CC1. The number of nitrogens with zero attached hydrogens (tertiary/aromatic N) is 2. The van der Waals surface area contributed by atoms with Gasteiger partial charge in [0.25, 0.3) is 0 Å². The van der Waals surface area contributed by atoms with Gasteiger partial charge < -0.3 is 0 Å². The lowest BCUT2D eigenvalue weighted by Gasteiger charge is -2.09. The predicted molar refractivity (Wildman–Crippen MR) is 89.8 cm³/mol. The Balaban J connectivity index is 1.74. The van der Waals surface area contributed by atoms with E-state index in [1.807, 2.05) is 24.5 Å². The van der Waals surface area contributed by atoms with E-state index in [1.54, 1.807) is 0 Å². The van der Waals surface area contributed by atoms with Crippen LogP contribution in [0.3, 0.4) is 0 Å². The minimum atomic E-state index is 0.587. The second kappa shape index (κ2) is 5.20. The first kappa shape index (κ1) is 13.4. The van der Waals surface area contributed by atoms with E-state index in [0.29, 0.717) is 17.8 Å². The molecule has 2 aliphatic carbocycles. The highest BCUT2D eigenvalue weighted by molar-refractivity contribution is 5.80. The van der Waals surface area contributed by atoms with Crippen molar-refractivity contribution in [2.24, 2.45) is 17.8 Å². The lowest BCUT2D eigenvalue weighted by Crippen LogP contribution is -1.96. The standard InChI is InChI=1S/C20H20N2/c1-13-9-10-15(16-7-3-5-11-21-16)19-14(2)20(19)18(13)17-8-4-6-12-22-17/h3-8,10-12,14,19-20H,9H2,1-2H3. The summed E-state index contributed by atoms with van der Waals surface area (Å²) in [7, 11) is 0. The molecule has 2 heterocycles. The highest BCUT2D eigenvalue weighted by Crippen LogP contribution is 2.61. The zero-order valence-corrected chi connectivity index (χ0v) is 13.0. The van der Waals surface area contributed by atoms with Crippen molar-refractivity contribution >= 4 is 11.1 Å². The van der Waals surface area contributed by atoms with E-state index >= 15 is 0 Å². The number of hydrogen-bond donors (Lipinski definition) is 0. The molecular formula is C20H20N2. The van der Waals surface area contributed by atoms with Gasteiger partial charge in [0.05, 0.1) is 11.4 Å². The van der Waals surface area contributed by atoms with Crippen LogP contribution in [0.1, 0.15) is 31.7 Å². The molecular weight excluding hydrogens is 268 g/mol. The minimum Gasteiger partial charge on any atom is -0.257 e. The van der Waals surface area contributed by atoms with E-state index < -0.39 is 0 Å². The lowest BCUT2D eigenvalue weighted by atomic mass is 9.98. The van der Waals surface area contributed by atoms with E-state index in [0.717, 1.165) is 17.8 Å². The first-order valence-corrected chi connectivity index (χ1v) is 8.00. The molecule has 0 spiro atoms. The van der Waals surface area contributed by atoms with Crippen molar-refractivity contribution in [1.82, 2.24) is 9.97 Å². The van der Waals surface area contributed by atoms with Gasteiger partial charge in [-0.3, -0.25) is 9.97 Å². The molecule has 22 heavy (non-hydrogen) atoms. The zero-order chi connectivity index (χ0) is 15.1. The van der Waals surface area contributed by atoms with Crippen LogP contribution in [-0.2, 0) is 0 Å². The van der Waals surface area contributed by atoms with Crippen LogP contribution in [-0.4, -0.2) is 9.97 Å². The fourth-order valence-electron chi connectivity index (χ4n) is 3.90. The third-order valence-electron chi connectivity index (χ3n) is 5.06. The van der Waals surface area contributed by atoms with Crippen molar-refractivity contribution in [2.75, 3.05) is 0 Å². The van der Waals surface area contributed by atoms with Gasteiger partial charge in [-0.25, -0.2) is 0 Å². The Labute approximate surface area is 131 Å².